The lowest BCUT2D eigenvalue weighted by Gasteiger charge is -2.28. The van der Waals surface area contributed by atoms with Crippen LogP contribution in [-0.2, 0) is 0 Å². The number of hydrogen-bond acceptors (Lipinski definition) is 4. The summed E-state index contributed by atoms with van der Waals surface area (Å²) in [7, 11) is 1.60. The molecule has 0 aliphatic heterocycles. The number of unbranched alkanes of at least 4 members (excludes halogenated alkanes) is 1. The number of methoxy groups -OCH3 is 1. The molecule has 7 heteroatoms. The van der Waals surface area contributed by atoms with Gasteiger partial charge in [0, 0.05) is 34.9 Å². The van der Waals surface area contributed by atoms with E-state index in [4.69, 9.17) is 4.74 Å². The van der Waals surface area contributed by atoms with Crippen molar-refractivity contribution < 1.29 is 9.53 Å². The standard InChI is InChI=1S/C32H38N4O3/c1-7-8-19-36(32(38)34-28-22(20(2)3)14-11-15-23(28)21(4)5)29-27(24-13-9-10-17-26(24)39-6)25-16-12-18-33-30(25)35-31(29)37/h9-18,20-21H,7-8,19H2,1-6H3,(H,34,38)(H,33,35,37). The Bertz CT molecular complexity index is 1500. The van der Waals surface area contributed by atoms with Gasteiger partial charge in [0.15, 0.2) is 0 Å². The van der Waals surface area contributed by atoms with E-state index in [1.54, 1.807) is 18.2 Å². The molecular formula is C32H38N4O3. The largest absolute Gasteiger partial charge is 0.496 e. The molecule has 2 N–H and O–H groups in total. The number of carbonyl (C=O) groups excluding carboxylic acids is 1. The van der Waals surface area contributed by atoms with Crippen molar-refractivity contribution in [1.29, 1.82) is 0 Å². The van der Waals surface area contributed by atoms with Gasteiger partial charge >= 0.3 is 6.03 Å². The van der Waals surface area contributed by atoms with E-state index in [0.29, 0.717) is 23.5 Å². The van der Waals surface area contributed by atoms with Crippen LogP contribution in [0.3, 0.4) is 0 Å². The van der Waals surface area contributed by atoms with Crippen LogP contribution in [-0.4, -0.2) is 29.7 Å². The minimum atomic E-state index is -0.380. The average molecular weight is 527 g/mol. The van der Waals surface area contributed by atoms with E-state index in [-0.39, 0.29) is 29.1 Å². The van der Waals surface area contributed by atoms with Gasteiger partial charge in [0.1, 0.15) is 17.1 Å². The molecular weight excluding hydrogens is 488 g/mol. The number of carbonyl (C=O) groups is 1. The van der Waals surface area contributed by atoms with Crippen molar-refractivity contribution in [2.24, 2.45) is 0 Å². The minimum Gasteiger partial charge on any atom is -0.496 e. The topological polar surface area (TPSA) is 87.3 Å². The van der Waals surface area contributed by atoms with Crippen molar-refractivity contribution in [3.63, 3.8) is 0 Å². The molecule has 0 aliphatic rings. The van der Waals surface area contributed by atoms with Gasteiger partial charge in [-0.15, -0.1) is 0 Å². The summed E-state index contributed by atoms with van der Waals surface area (Å²) < 4.78 is 5.69. The number of para-hydroxylation sites is 2. The lowest BCUT2D eigenvalue weighted by molar-refractivity contribution is 0.256. The zero-order valence-corrected chi connectivity index (χ0v) is 23.7. The van der Waals surface area contributed by atoms with E-state index in [2.05, 4.69) is 62.0 Å². The molecule has 0 saturated heterocycles. The normalized spacial score (nSPS) is 11.3. The first-order valence-corrected chi connectivity index (χ1v) is 13.6. The van der Waals surface area contributed by atoms with Crippen LogP contribution >= 0.6 is 0 Å². The Morgan fingerprint density at radius 1 is 1.00 bits per heavy atom. The molecule has 0 fully saturated rings. The lowest BCUT2D eigenvalue weighted by Crippen LogP contribution is -2.40. The molecule has 39 heavy (non-hydrogen) atoms. The quantitative estimate of drug-likeness (QED) is 0.234. The van der Waals surface area contributed by atoms with Crippen molar-refractivity contribution in [1.82, 2.24) is 9.97 Å². The zero-order valence-electron chi connectivity index (χ0n) is 23.7. The van der Waals surface area contributed by atoms with Gasteiger partial charge < -0.3 is 15.0 Å². The number of aromatic amines is 1. The van der Waals surface area contributed by atoms with Crippen molar-refractivity contribution in [3.05, 3.63) is 82.3 Å². The highest BCUT2D eigenvalue weighted by molar-refractivity contribution is 6.09. The second-order valence-corrected chi connectivity index (χ2v) is 10.3. The Balaban J connectivity index is 1.96. The van der Waals surface area contributed by atoms with Crippen LogP contribution < -0.4 is 20.5 Å². The minimum absolute atomic E-state index is 0.211. The molecule has 0 bridgehead atoms. The second kappa shape index (κ2) is 12.2. The summed E-state index contributed by atoms with van der Waals surface area (Å²) in [5, 5.41) is 3.95. The molecule has 2 heterocycles. The molecule has 0 saturated carbocycles. The van der Waals surface area contributed by atoms with E-state index in [1.165, 1.54) is 0 Å². The van der Waals surface area contributed by atoms with E-state index in [9.17, 15) is 9.59 Å². The second-order valence-electron chi connectivity index (χ2n) is 10.3. The number of benzene rings is 2. The third-order valence-corrected chi connectivity index (χ3v) is 6.99. The lowest BCUT2D eigenvalue weighted by atomic mass is 9.92. The maximum atomic E-state index is 14.2. The van der Waals surface area contributed by atoms with Crippen LogP contribution in [0.1, 0.15) is 70.4 Å². The molecule has 2 amide bonds. The van der Waals surface area contributed by atoms with Crippen molar-refractivity contribution >= 4 is 28.4 Å². The number of urea groups is 1. The third kappa shape index (κ3) is 5.67. The van der Waals surface area contributed by atoms with Gasteiger partial charge in [-0.25, -0.2) is 9.78 Å². The van der Waals surface area contributed by atoms with Gasteiger partial charge in [-0.1, -0.05) is 77.4 Å². The summed E-state index contributed by atoms with van der Waals surface area (Å²) in [6, 6.07) is 17.1. The van der Waals surface area contributed by atoms with Crippen LogP contribution in [0, 0.1) is 0 Å². The first-order valence-electron chi connectivity index (χ1n) is 13.6. The fourth-order valence-electron chi connectivity index (χ4n) is 5.00. The van der Waals surface area contributed by atoms with Crippen LogP contribution in [0.15, 0.2) is 65.6 Å². The molecule has 0 spiro atoms. The van der Waals surface area contributed by atoms with E-state index >= 15 is 0 Å². The number of nitrogens with one attached hydrogen (secondary N) is 2. The molecule has 204 valence electrons. The van der Waals surface area contributed by atoms with Crippen LogP contribution in [0.25, 0.3) is 22.2 Å². The summed E-state index contributed by atoms with van der Waals surface area (Å²) in [5.74, 6) is 1.03. The number of H-pyrrole nitrogens is 1. The highest BCUT2D eigenvalue weighted by Crippen LogP contribution is 2.40. The number of amides is 2. The SMILES string of the molecule is CCCCN(C(=O)Nc1c(C(C)C)cccc1C(C)C)c1c(-c2ccccc2OC)c2cccnc2[nH]c1=O. The van der Waals surface area contributed by atoms with E-state index < -0.39 is 0 Å². The highest BCUT2D eigenvalue weighted by Gasteiger charge is 2.28. The van der Waals surface area contributed by atoms with Gasteiger partial charge in [0.2, 0.25) is 0 Å². The Morgan fingerprint density at radius 3 is 2.33 bits per heavy atom. The Labute approximate surface area is 230 Å². The predicted octanol–water partition coefficient (Wildman–Crippen LogP) is 7.68. The fourth-order valence-corrected chi connectivity index (χ4v) is 5.00. The monoisotopic (exact) mass is 526 g/mol. The first-order chi connectivity index (χ1) is 18.8. The van der Waals surface area contributed by atoms with Crippen LogP contribution in [0.4, 0.5) is 16.2 Å². The number of hydrogen-bond donors (Lipinski definition) is 2. The van der Waals surface area contributed by atoms with Crippen molar-refractivity contribution in [3.8, 4) is 16.9 Å². The molecule has 7 nitrogen and oxygen atoms in total. The van der Waals surface area contributed by atoms with E-state index in [1.807, 2.05) is 42.5 Å². The van der Waals surface area contributed by atoms with Gasteiger partial charge in [0.05, 0.1) is 7.11 Å². The molecule has 2 aromatic heterocycles. The molecule has 4 aromatic rings. The number of anilines is 2. The summed E-state index contributed by atoms with van der Waals surface area (Å²) >= 11 is 0. The molecule has 0 unspecified atom stereocenters. The number of ether oxygens (including phenoxy) is 1. The summed E-state index contributed by atoms with van der Waals surface area (Å²) in [6.45, 7) is 10.9. The van der Waals surface area contributed by atoms with E-state index in [0.717, 1.165) is 40.6 Å². The molecule has 2 aromatic carbocycles. The van der Waals surface area contributed by atoms with Gasteiger partial charge in [-0.2, -0.15) is 0 Å². The smallest absolute Gasteiger partial charge is 0.326 e. The molecule has 0 atom stereocenters. The Morgan fingerprint density at radius 2 is 1.69 bits per heavy atom. The van der Waals surface area contributed by atoms with Crippen LogP contribution in [0.5, 0.6) is 5.75 Å². The third-order valence-electron chi connectivity index (χ3n) is 6.99. The highest BCUT2D eigenvalue weighted by atomic mass is 16.5. The fraction of sp³-hybridized carbons (Fsp3) is 0.344. The molecule has 4 rings (SSSR count). The number of nitrogens with zero attached hydrogens (tertiary/aromatic N) is 2. The maximum Gasteiger partial charge on any atom is 0.326 e. The number of aromatic nitrogens is 2. The molecule has 0 radical (unpaired) electrons. The van der Waals surface area contributed by atoms with Crippen molar-refractivity contribution in [2.45, 2.75) is 59.3 Å². The number of fused-ring (bicyclic) bond motifs is 1. The average Bonchev–Trinajstić information content (AvgIpc) is 2.93. The number of pyridine rings is 2. The Hall–Kier alpha value is -4.13. The zero-order chi connectivity index (χ0) is 28.1. The first kappa shape index (κ1) is 27.9. The maximum absolute atomic E-state index is 14.2. The van der Waals surface area contributed by atoms with Crippen LogP contribution in [0.2, 0.25) is 0 Å². The van der Waals surface area contributed by atoms with Gasteiger partial charge in [-0.05, 0) is 47.6 Å². The number of rotatable bonds is 9. The Kier molecular flexibility index (Phi) is 8.69. The predicted molar refractivity (Wildman–Crippen MR) is 160 cm³/mol. The van der Waals surface area contributed by atoms with Gasteiger partial charge in [0.25, 0.3) is 5.56 Å². The summed E-state index contributed by atoms with van der Waals surface area (Å²) in [4.78, 5) is 36.9. The molecule has 0 aliphatic carbocycles. The summed E-state index contributed by atoms with van der Waals surface area (Å²) in [5.41, 5.74) is 4.62. The van der Waals surface area contributed by atoms with Gasteiger partial charge in [-0.3, -0.25) is 9.69 Å². The summed E-state index contributed by atoms with van der Waals surface area (Å²) in [6.07, 6.45) is 3.23. The van der Waals surface area contributed by atoms with Crippen molar-refractivity contribution in [2.75, 3.05) is 23.9 Å².